The van der Waals surface area contributed by atoms with Crippen molar-refractivity contribution in [2.45, 2.75) is 50.7 Å². The van der Waals surface area contributed by atoms with Gasteiger partial charge in [-0.15, -0.1) is 13.2 Å². The molecule has 1 aromatic rings. The molecule has 2 fully saturated rings. The number of piperidine rings is 1. The van der Waals surface area contributed by atoms with E-state index in [4.69, 9.17) is 0 Å². The summed E-state index contributed by atoms with van der Waals surface area (Å²) in [6.45, 7) is 6.66. The minimum Gasteiger partial charge on any atom is -0.406 e. The summed E-state index contributed by atoms with van der Waals surface area (Å²) in [7, 11) is 4.30. The molecule has 2 atom stereocenters. The third-order valence-electron chi connectivity index (χ3n) is 6.18. The highest BCUT2D eigenvalue weighted by atomic mass is 19.4. The fraction of sp³-hybridized carbons (Fsp3) is 0.700. The molecule has 3 rings (SSSR count). The molecule has 0 N–H and O–H groups in total. The number of alkyl halides is 3. The van der Waals surface area contributed by atoms with Crippen molar-refractivity contribution >= 4 is 0 Å². The molecule has 4 nitrogen and oxygen atoms in total. The summed E-state index contributed by atoms with van der Waals surface area (Å²) < 4.78 is 40.9. The lowest BCUT2D eigenvalue weighted by Gasteiger charge is -2.36. The normalized spacial score (nSPS) is 24.5. The van der Waals surface area contributed by atoms with E-state index in [-0.39, 0.29) is 11.8 Å². The van der Waals surface area contributed by atoms with Crippen molar-refractivity contribution in [3.63, 3.8) is 0 Å². The SMILES string of the molecule is C[C@H](c1ccc(OC(F)(F)F)cc1)N(C)[C@H]1CCN(C2CCN(C)CC2)C1. The summed E-state index contributed by atoms with van der Waals surface area (Å²) in [5.41, 5.74) is 1.00. The second-order valence-corrected chi connectivity index (χ2v) is 7.93. The van der Waals surface area contributed by atoms with E-state index in [1.54, 1.807) is 12.1 Å². The average Bonchev–Trinajstić information content (AvgIpc) is 3.10. The Labute approximate surface area is 159 Å². The monoisotopic (exact) mass is 385 g/mol. The lowest BCUT2D eigenvalue weighted by Crippen LogP contribution is -2.44. The molecule has 0 saturated carbocycles. The van der Waals surface area contributed by atoms with Crippen LogP contribution in [0.5, 0.6) is 5.75 Å². The van der Waals surface area contributed by atoms with Gasteiger partial charge in [-0.3, -0.25) is 9.80 Å². The van der Waals surface area contributed by atoms with Crippen molar-refractivity contribution in [2.75, 3.05) is 40.3 Å². The van der Waals surface area contributed by atoms with E-state index in [0.717, 1.165) is 25.1 Å². The van der Waals surface area contributed by atoms with Crippen LogP contribution >= 0.6 is 0 Å². The van der Waals surface area contributed by atoms with Crippen LogP contribution in [0.3, 0.4) is 0 Å². The first kappa shape index (κ1) is 20.4. The molecule has 2 aliphatic heterocycles. The number of ether oxygens (including phenoxy) is 1. The van der Waals surface area contributed by atoms with Crippen molar-refractivity contribution in [1.82, 2.24) is 14.7 Å². The Morgan fingerprint density at radius 3 is 2.30 bits per heavy atom. The zero-order valence-electron chi connectivity index (χ0n) is 16.4. The molecule has 27 heavy (non-hydrogen) atoms. The van der Waals surface area contributed by atoms with E-state index in [2.05, 4.69) is 40.5 Å². The summed E-state index contributed by atoms with van der Waals surface area (Å²) in [4.78, 5) is 7.38. The molecule has 0 bridgehead atoms. The second kappa shape index (κ2) is 8.37. The Morgan fingerprint density at radius 1 is 1.07 bits per heavy atom. The Bertz CT molecular complexity index is 599. The summed E-state index contributed by atoms with van der Waals surface area (Å²) in [6, 6.07) is 7.56. The van der Waals surface area contributed by atoms with Crippen molar-refractivity contribution in [3.05, 3.63) is 29.8 Å². The van der Waals surface area contributed by atoms with Gasteiger partial charge in [0.2, 0.25) is 0 Å². The highest BCUT2D eigenvalue weighted by Crippen LogP contribution is 2.30. The van der Waals surface area contributed by atoms with Gasteiger partial charge in [-0.25, -0.2) is 0 Å². The third-order valence-corrected chi connectivity index (χ3v) is 6.18. The molecule has 152 valence electrons. The molecular weight excluding hydrogens is 355 g/mol. The molecule has 0 radical (unpaired) electrons. The molecule has 2 saturated heterocycles. The Balaban J connectivity index is 1.55. The van der Waals surface area contributed by atoms with E-state index < -0.39 is 6.36 Å². The molecule has 2 aliphatic rings. The highest BCUT2D eigenvalue weighted by Gasteiger charge is 2.34. The number of likely N-dealkylation sites (tertiary alicyclic amines) is 2. The van der Waals surface area contributed by atoms with E-state index in [9.17, 15) is 13.2 Å². The zero-order chi connectivity index (χ0) is 19.6. The van der Waals surface area contributed by atoms with E-state index in [1.807, 2.05) is 0 Å². The van der Waals surface area contributed by atoms with Gasteiger partial charge in [-0.05, 0) is 71.1 Å². The predicted octanol–water partition coefficient (Wildman–Crippen LogP) is 3.75. The van der Waals surface area contributed by atoms with Crippen LogP contribution in [0, 0.1) is 0 Å². The quantitative estimate of drug-likeness (QED) is 0.768. The van der Waals surface area contributed by atoms with Gasteiger partial charge in [-0.2, -0.15) is 0 Å². The maximum Gasteiger partial charge on any atom is 0.573 e. The molecular formula is C20H30F3N3O. The fourth-order valence-electron chi connectivity index (χ4n) is 4.29. The zero-order valence-corrected chi connectivity index (χ0v) is 16.4. The first-order valence-corrected chi connectivity index (χ1v) is 9.73. The highest BCUT2D eigenvalue weighted by molar-refractivity contribution is 5.29. The van der Waals surface area contributed by atoms with E-state index in [0.29, 0.717) is 12.1 Å². The second-order valence-electron chi connectivity index (χ2n) is 7.93. The molecule has 0 amide bonds. The van der Waals surface area contributed by atoms with Crippen LogP contribution in [-0.4, -0.2) is 73.4 Å². The van der Waals surface area contributed by atoms with Crippen LogP contribution in [0.2, 0.25) is 0 Å². The van der Waals surface area contributed by atoms with Gasteiger partial charge in [-0.1, -0.05) is 12.1 Å². The number of benzene rings is 1. The van der Waals surface area contributed by atoms with Crippen LogP contribution in [0.4, 0.5) is 13.2 Å². The maximum atomic E-state index is 12.3. The van der Waals surface area contributed by atoms with Gasteiger partial charge in [0.1, 0.15) is 5.75 Å². The van der Waals surface area contributed by atoms with Crippen molar-refractivity contribution in [3.8, 4) is 5.75 Å². The largest absolute Gasteiger partial charge is 0.573 e. The number of likely N-dealkylation sites (N-methyl/N-ethyl adjacent to an activating group) is 1. The van der Waals surface area contributed by atoms with E-state index >= 15 is 0 Å². The van der Waals surface area contributed by atoms with Crippen molar-refractivity contribution < 1.29 is 17.9 Å². The molecule has 7 heteroatoms. The van der Waals surface area contributed by atoms with Gasteiger partial charge in [0.15, 0.2) is 0 Å². The predicted molar refractivity (Wildman–Crippen MR) is 99.8 cm³/mol. The molecule has 0 unspecified atom stereocenters. The smallest absolute Gasteiger partial charge is 0.406 e. The Hall–Kier alpha value is -1.31. The molecule has 1 aromatic carbocycles. The number of nitrogens with zero attached hydrogens (tertiary/aromatic N) is 3. The van der Waals surface area contributed by atoms with Crippen LogP contribution in [0.15, 0.2) is 24.3 Å². The lowest BCUT2D eigenvalue weighted by molar-refractivity contribution is -0.274. The first-order valence-electron chi connectivity index (χ1n) is 9.73. The minimum absolute atomic E-state index is 0.146. The molecule has 0 aliphatic carbocycles. The standard InChI is InChI=1S/C20H30F3N3O/c1-15(16-4-6-19(7-5-16)27-20(21,22)23)25(3)18-10-13-26(14-18)17-8-11-24(2)12-9-17/h4-7,15,17-18H,8-14H2,1-3H3/t15-,18+/m1/s1. The van der Waals surface area contributed by atoms with Gasteiger partial charge in [0.25, 0.3) is 0 Å². The number of hydrogen-bond acceptors (Lipinski definition) is 4. The summed E-state index contributed by atoms with van der Waals surface area (Å²) >= 11 is 0. The average molecular weight is 385 g/mol. The number of rotatable bonds is 5. The van der Waals surface area contributed by atoms with Gasteiger partial charge >= 0.3 is 6.36 Å². The van der Waals surface area contributed by atoms with Gasteiger partial charge in [0, 0.05) is 31.2 Å². The van der Waals surface area contributed by atoms with E-state index in [1.165, 1.54) is 38.1 Å². The van der Waals surface area contributed by atoms with Gasteiger partial charge in [0.05, 0.1) is 0 Å². The molecule has 2 heterocycles. The minimum atomic E-state index is -4.65. The van der Waals surface area contributed by atoms with Crippen molar-refractivity contribution in [2.24, 2.45) is 0 Å². The van der Waals surface area contributed by atoms with Crippen LogP contribution in [0.1, 0.15) is 37.8 Å². The lowest BCUT2D eigenvalue weighted by atomic mass is 10.0. The van der Waals surface area contributed by atoms with Crippen LogP contribution < -0.4 is 4.74 Å². The van der Waals surface area contributed by atoms with Crippen LogP contribution in [0.25, 0.3) is 0 Å². The summed E-state index contributed by atoms with van der Waals surface area (Å²) in [5, 5.41) is 0. The topological polar surface area (TPSA) is 19.0 Å². The first-order chi connectivity index (χ1) is 12.7. The maximum absolute atomic E-state index is 12.3. The fourth-order valence-corrected chi connectivity index (χ4v) is 4.29. The number of hydrogen-bond donors (Lipinski definition) is 0. The Morgan fingerprint density at radius 2 is 1.70 bits per heavy atom. The van der Waals surface area contributed by atoms with Crippen LogP contribution in [-0.2, 0) is 0 Å². The van der Waals surface area contributed by atoms with Crippen molar-refractivity contribution in [1.29, 1.82) is 0 Å². The Kier molecular flexibility index (Phi) is 6.33. The third kappa shape index (κ3) is 5.36. The molecule has 0 aromatic heterocycles. The molecule has 0 spiro atoms. The summed E-state index contributed by atoms with van der Waals surface area (Å²) in [5.74, 6) is -0.171. The number of halogens is 3. The summed E-state index contributed by atoms with van der Waals surface area (Å²) in [6.07, 6.45) is -1.03. The van der Waals surface area contributed by atoms with Gasteiger partial charge < -0.3 is 9.64 Å².